The van der Waals surface area contributed by atoms with Crippen LogP contribution in [0.1, 0.15) is 12.1 Å². The number of hydrogen-bond acceptors (Lipinski definition) is 4. The largest absolute Gasteiger partial charge is 0.494 e. The Morgan fingerprint density at radius 2 is 1.80 bits per heavy atom. The van der Waals surface area contributed by atoms with Gasteiger partial charge in [0.1, 0.15) is 11.6 Å². The summed E-state index contributed by atoms with van der Waals surface area (Å²) in [7, 11) is 5.74. The number of guanidine groups is 1. The third-order valence-corrected chi connectivity index (χ3v) is 4.51. The molecule has 0 radical (unpaired) electrons. The molecule has 0 atom stereocenters. The molecule has 1 heterocycles. The van der Waals surface area contributed by atoms with Crippen LogP contribution in [0, 0.1) is 0 Å². The number of ether oxygens (including phenoxy) is 1. The highest BCUT2D eigenvalue weighted by molar-refractivity contribution is 14.0. The molecule has 0 unspecified atom stereocenters. The Hall–Kier alpha value is -2.55. The summed E-state index contributed by atoms with van der Waals surface area (Å²) in [6.07, 6.45) is 0.877. The Labute approximate surface area is 195 Å². The van der Waals surface area contributed by atoms with Crippen molar-refractivity contribution in [3.05, 3.63) is 66.4 Å². The molecule has 2 N–H and O–H groups in total. The quantitative estimate of drug-likeness (QED) is 0.204. The fourth-order valence-electron chi connectivity index (χ4n) is 2.94. The van der Waals surface area contributed by atoms with Crippen molar-refractivity contribution in [3.63, 3.8) is 0 Å². The van der Waals surface area contributed by atoms with E-state index >= 15 is 0 Å². The lowest BCUT2D eigenvalue weighted by molar-refractivity contribution is 0.311. The molecule has 0 spiro atoms. The summed E-state index contributed by atoms with van der Waals surface area (Å²) in [5.74, 6) is 2.60. The second-order valence-corrected chi connectivity index (χ2v) is 6.95. The van der Waals surface area contributed by atoms with Gasteiger partial charge in [-0.05, 0) is 41.5 Å². The smallest absolute Gasteiger partial charge is 0.191 e. The van der Waals surface area contributed by atoms with E-state index in [1.54, 1.807) is 7.05 Å². The van der Waals surface area contributed by atoms with E-state index < -0.39 is 0 Å². The molecule has 7 heteroatoms. The molecule has 0 fully saturated rings. The van der Waals surface area contributed by atoms with Crippen molar-refractivity contribution < 1.29 is 4.74 Å². The van der Waals surface area contributed by atoms with Crippen LogP contribution >= 0.6 is 24.0 Å². The molecule has 160 valence electrons. The summed E-state index contributed by atoms with van der Waals surface area (Å²) in [6.45, 7) is 2.04. The maximum absolute atomic E-state index is 5.88. The molecule has 30 heavy (non-hydrogen) atoms. The molecule has 6 nitrogen and oxygen atoms in total. The maximum Gasteiger partial charge on any atom is 0.191 e. The summed E-state index contributed by atoms with van der Waals surface area (Å²) in [5, 5.41) is 9.03. The number of nitrogens with one attached hydrogen (secondary N) is 2. The normalized spacial score (nSPS) is 11.0. The monoisotopic (exact) mass is 519 g/mol. The van der Waals surface area contributed by atoms with Gasteiger partial charge in [0.05, 0.1) is 18.8 Å². The number of hydrogen-bond donors (Lipinski definition) is 2. The maximum atomic E-state index is 5.88. The number of pyridine rings is 1. The lowest BCUT2D eigenvalue weighted by Gasteiger charge is -2.14. The Balaban J connectivity index is 0.00000320. The van der Waals surface area contributed by atoms with Crippen LogP contribution in [-0.2, 0) is 6.54 Å². The highest BCUT2D eigenvalue weighted by atomic mass is 127. The molecule has 1 aromatic heterocycles. The second kappa shape index (κ2) is 12.2. The zero-order valence-electron chi connectivity index (χ0n) is 17.8. The van der Waals surface area contributed by atoms with Gasteiger partial charge >= 0.3 is 0 Å². The lowest BCUT2D eigenvalue weighted by Crippen LogP contribution is -2.37. The lowest BCUT2D eigenvalue weighted by atomic mass is 10.1. The molecule has 0 aliphatic heterocycles. The number of halogens is 1. The third kappa shape index (κ3) is 7.05. The van der Waals surface area contributed by atoms with Crippen molar-refractivity contribution in [3.8, 4) is 5.75 Å². The summed E-state index contributed by atoms with van der Waals surface area (Å²) in [5.41, 5.74) is 0.971. The molecule has 0 saturated carbocycles. The minimum absolute atomic E-state index is 0. The van der Waals surface area contributed by atoms with Crippen molar-refractivity contribution in [2.24, 2.45) is 4.99 Å². The van der Waals surface area contributed by atoms with E-state index in [-0.39, 0.29) is 24.0 Å². The van der Waals surface area contributed by atoms with Gasteiger partial charge in [-0.15, -0.1) is 24.0 Å². The predicted octanol–water partition coefficient (Wildman–Crippen LogP) is 4.05. The first-order chi connectivity index (χ1) is 14.2. The van der Waals surface area contributed by atoms with Gasteiger partial charge in [-0.3, -0.25) is 4.99 Å². The van der Waals surface area contributed by atoms with Gasteiger partial charge in [-0.2, -0.15) is 0 Å². The molecule has 3 aromatic rings. The number of aliphatic imine (C=N–C) groups is 1. The van der Waals surface area contributed by atoms with Crippen LogP contribution in [0.3, 0.4) is 0 Å². The minimum Gasteiger partial charge on any atom is -0.494 e. The fraction of sp³-hybridized carbons (Fsp3) is 0.304. The van der Waals surface area contributed by atoms with E-state index in [0.29, 0.717) is 13.2 Å². The molecular formula is C23H30IN5O. The van der Waals surface area contributed by atoms with Gasteiger partial charge in [0.25, 0.3) is 0 Å². The van der Waals surface area contributed by atoms with Crippen molar-refractivity contribution in [2.45, 2.75) is 13.0 Å². The van der Waals surface area contributed by atoms with Crippen molar-refractivity contribution in [1.82, 2.24) is 15.6 Å². The first kappa shape index (κ1) is 23.7. The zero-order valence-corrected chi connectivity index (χ0v) is 20.1. The van der Waals surface area contributed by atoms with Crippen LogP contribution < -0.4 is 20.3 Å². The topological polar surface area (TPSA) is 61.8 Å². The highest BCUT2D eigenvalue weighted by Gasteiger charge is 2.02. The van der Waals surface area contributed by atoms with Gasteiger partial charge in [0, 0.05) is 27.7 Å². The van der Waals surface area contributed by atoms with Crippen LogP contribution in [-0.4, -0.2) is 45.2 Å². The van der Waals surface area contributed by atoms with Crippen molar-refractivity contribution in [1.29, 1.82) is 0 Å². The van der Waals surface area contributed by atoms with Crippen molar-refractivity contribution >= 4 is 46.5 Å². The van der Waals surface area contributed by atoms with E-state index in [4.69, 9.17) is 4.74 Å². The summed E-state index contributed by atoms with van der Waals surface area (Å²) >= 11 is 0. The second-order valence-electron chi connectivity index (χ2n) is 6.95. The van der Waals surface area contributed by atoms with E-state index in [1.807, 2.05) is 55.4 Å². The highest BCUT2D eigenvalue weighted by Crippen LogP contribution is 2.20. The molecule has 0 aliphatic carbocycles. The minimum atomic E-state index is 0. The molecule has 3 rings (SSSR count). The van der Waals surface area contributed by atoms with Crippen molar-refractivity contribution in [2.75, 3.05) is 39.2 Å². The number of fused-ring (bicyclic) bond motifs is 1. The molecule has 2 aromatic carbocycles. The van der Waals surface area contributed by atoms with Crippen LogP contribution in [0.15, 0.2) is 65.7 Å². The van der Waals surface area contributed by atoms with Crippen LogP contribution in [0.2, 0.25) is 0 Å². The molecule has 0 aliphatic rings. The average Bonchev–Trinajstić information content (AvgIpc) is 2.75. The molecular weight excluding hydrogens is 489 g/mol. The third-order valence-electron chi connectivity index (χ3n) is 4.51. The number of aromatic nitrogens is 1. The standard InChI is InChI=1S/C23H29N5O.HI/c1-24-23(26-17-20-10-6-11-22(27-20)28(2)3)25-14-7-15-29-21-13-12-18-8-4-5-9-19(18)16-21;/h4-6,8-13,16H,7,14-15,17H2,1-3H3,(H2,24,25,26);1H. The number of benzene rings is 2. The van der Waals surface area contributed by atoms with Crippen LogP contribution in [0.5, 0.6) is 5.75 Å². The number of rotatable bonds is 8. The van der Waals surface area contributed by atoms with E-state index in [2.05, 4.69) is 44.9 Å². The molecule has 0 saturated heterocycles. The Morgan fingerprint density at radius 1 is 1.00 bits per heavy atom. The number of nitrogens with zero attached hydrogens (tertiary/aromatic N) is 3. The van der Waals surface area contributed by atoms with Crippen LogP contribution in [0.25, 0.3) is 10.8 Å². The number of anilines is 1. The predicted molar refractivity (Wildman–Crippen MR) is 136 cm³/mol. The Bertz CT molecular complexity index is 961. The van der Waals surface area contributed by atoms with E-state index in [1.165, 1.54) is 10.8 Å². The Kier molecular flexibility index (Phi) is 9.66. The summed E-state index contributed by atoms with van der Waals surface area (Å²) < 4.78 is 5.88. The summed E-state index contributed by atoms with van der Waals surface area (Å²) in [4.78, 5) is 10.9. The van der Waals surface area contributed by atoms with Gasteiger partial charge in [-0.25, -0.2) is 4.98 Å². The van der Waals surface area contributed by atoms with Gasteiger partial charge in [0.15, 0.2) is 5.96 Å². The van der Waals surface area contributed by atoms with Gasteiger partial charge in [-0.1, -0.05) is 36.4 Å². The molecule has 0 amide bonds. The first-order valence-corrected chi connectivity index (χ1v) is 9.85. The average molecular weight is 519 g/mol. The first-order valence-electron chi connectivity index (χ1n) is 9.85. The SMILES string of the molecule is CN=C(NCCCOc1ccc2ccccc2c1)NCc1cccc(N(C)C)n1.I. The van der Waals surface area contributed by atoms with E-state index in [0.717, 1.165) is 36.2 Å². The zero-order chi connectivity index (χ0) is 20.5. The van der Waals surface area contributed by atoms with E-state index in [9.17, 15) is 0 Å². The van der Waals surface area contributed by atoms with Crippen LogP contribution in [0.4, 0.5) is 5.82 Å². The van der Waals surface area contributed by atoms with Gasteiger partial charge in [0.2, 0.25) is 0 Å². The Morgan fingerprint density at radius 3 is 2.57 bits per heavy atom. The molecule has 0 bridgehead atoms. The summed E-state index contributed by atoms with van der Waals surface area (Å²) in [6, 6.07) is 20.5. The van der Waals surface area contributed by atoms with Gasteiger partial charge < -0.3 is 20.3 Å². The fourth-order valence-corrected chi connectivity index (χ4v) is 2.94.